The van der Waals surface area contributed by atoms with Crippen molar-refractivity contribution in [1.82, 2.24) is 14.9 Å². The minimum atomic E-state index is -0.263. The summed E-state index contributed by atoms with van der Waals surface area (Å²) >= 11 is 0. The van der Waals surface area contributed by atoms with Crippen molar-refractivity contribution < 1.29 is 14.3 Å². The lowest BCUT2D eigenvalue weighted by Gasteiger charge is -2.17. The van der Waals surface area contributed by atoms with Gasteiger partial charge in [-0.15, -0.1) is 0 Å². The van der Waals surface area contributed by atoms with Crippen LogP contribution in [0.2, 0.25) is 0 Å². The molecule has 1 amide bonds. The molecule has 3 aromatic carbocycles. The molecule has 4 rings (SSSR count). The molecule has 0 fully saturated rings. The summed E-state index contributed by atoms with van der Waals surface area (Å²) in [5.74, 6) is 2.24. The van der Waals surface area contributed by atoms with Gasteiger partial charge in [-0.2, -0.15) is 0 Å². The van der Waals surface area contributed by atoms with E-state index in [-0.39, 0.29) is 11.9 Å². The first-order chi connectivity index (χ1) is 15.2. The van der Waals surface area contributed by atoms with E-state index in [4.69, 9.17) is 14.5 Å². The van der Waals surface area contributed by atoms with Crippen LogP contribution in [0.5, 0.6) is 11.5 Å². The predicted octanol–water partition coefficient (Wildman–Crippen LogP) is 4.61. The molecule has 4 aromatic rings. The summed E-state index contributed by atoms with van der Waals surface area (Å²) in [4.78, 5) is 17.4. The minimum absolute atomic E-state index is 0.124. The van der Waals surface area contributed by atoms with E-state index in [1.807, 2.05) is 73.7 Å². The lowest BCUT2D eigenvalue weighted by molar-refractivity contribution is 0.0937. The fourth-order valence-electron chi connectivity index (χ4n) is 3.52. The number of nitrogens with one attached hydrogen (secondary N) is 1. The molecule has 1 atom stereocenters. The normalized spacial score (nSPS) is 11.8. The summed E-state index contributed by atoms with van der Waals surface area (Å²) in [6.45, 7) is 3.02. The molecule has 6 nitrogen and oxygen atoms in total. The van der Waals surface area contributed by atoms with E-state index in [2.05, 4.69) is 9.88 Å². The number of amides is 1. The summed E-state index contributed by atoms with van der Waals surface area (Å²) in [6.07, 6.45) is 0. The van der Waals surface area contributed by atoms with Crippen molar-refractivity contribution in [1.29, 1.82) is 0 Å². The number of rotatable bonds is 8. The van der Waals surface area contributed by atoms with Crippen LogP contribution in [0.3, 0.4) is 0 Å². The second kappa shape index (κ2) is 9.34. The smallest absolute Gasteiger partial charge is 0.251 e. The van der Waals surface area contributed by atoms with E-state index >= 15 is 0 Å². The van der Waals surface area contributed by atoms with Crippen LogP contribution in [-0.4, -0.2) is 29.2 Å². The van der Waals surface area contributed by atoms with Crippen molar-refractivity contribution in [3.05, 3.63) is 90.3 Å². The number of methoxy groups -OCH3 is 1. The SMILES string of the molecule is COc1ccc(OCCn2c(C(C)NC(=O)c3ccccc3)nc3ccccc32)cc1. The van der Waals surface area contributed by atoms with E-state index < -0.39 is 0 Å². The lowest BCUT2D eigenvalue weighted by Crippen LogP contribution is -2.29. The minimum Gasteiger partial charge on any atom is -0.497 e. The van der Waals surface area contributed by atoms with Crippen LogP contribution in [0, 0.1) is 0 Å². The molecule has 158 valence electrons. The van der Waals surface area contributed by atoms with Crippen molar-refractivity contribution in [2.75, 3.05) is 13.7 Å². The molecule has 0 aliphatic rings. The van der Waals surface area contributed by atoms with Crippen molar-refractivity contribution in [2.45, 2.75) is 19.5 Å². The third-order valence-corrected chi connectivity index (χ3v) is 5.10. The topological polar surface area (TPSA) is 65.4 Å². The first kappa shape index (κ1) is 20.5. The fourth-order valence-corrected chi connectivity index (χ4v) is 3.52. The van der Waals surface area contributed by atoms with Gasteiger partial charge in [0.05, 0.1) is 30.7 Å². The Balaban J connectivity index is 1.51. The highest BCUT2D eigenvalue weighted by molar-refractivity contribution is 5.94. The van der Waals surface area contributed by atoms with Gasteiger partial charge in [0, 0.05) is 5.56 Å². The van der Waals surface area contributed by atoms with Gasteiger partial charge in [0.15, 0.2) is 0 Å². The zero-order valence-corrected chi connectivity index (χ0v) is 17.6. The molecule has 0 bridgehead atoms. The summed E-state index contributed by atoms with van der Waals surface area (Å²) < 4.78 is 13.2. The zero-order valence-electron chi connectivity index (χ0n) is 17.6. The summed E-state index contributed by atoms with van der Waals surface area (Å²) in [6, 6.07) is 24.4. The number of carbonyl (C=O) groups is 1. The second-order valence-corrected chi connectivity index (χ2v) is 7.20. The predicted molar refractivity (Wildman–Crippen MR) is 121 cm³/mol. The highest BCUT2D eigenvalue weighted by atomic mass is 16.5. The number of imidazole rings is 1. The number of ether oxygens (including phenoxy) is 2. The molecule has 1 heterocycles. The van der Waals surface area contributed by atoms with E-state index in [1.54, 1.807) is 19.2 Å². The van der Waals surface area contributed by atoms with Crippen LogP contribution < -0.4 is 14.8 Å². The number of nitrogens with zero attached hydrogens (tertiary/aromatic N) is 2. The number of aromatic nitrogens is 2. The highest BCUT2D eigenvalue weighted by Crippen LogP contribution is 2.22. The fraction of sp³-hybridized carbons (Fsp3) is 0.200. The molecule has 1 N–H and O–H groups in total. The quantitative estimate of drug-likeness (QED) is 0.456. The molecule has 31 heavy (non-hydrogen) atoms. The molecule has 0 radical (unpaired) electrons. The largest absolute Gasteiger partial charge is 0.497 e. The third-order valence-electron chi connectivity index (χ3n) is 5.10. The molecule has 1 unspecified atom stereocenters. The van der Waals surface area contributed by atoms with E-state index in [0.29, 0.717) is 18.7 Å². The van der Waals surface area contributed by atoms with Gasteiger partial charge in [0.1, 0.15) is 23.9 Å². The van der Waals surface area contributed by atoms with Crippen LogP contribution >= 0.6 is 0 Å². The number of carbonyl (C=O) groups excluding carboxylic acids is 1. The first-order valence-electron chi connectivity index (χ1n) is 10.2. The van der Waals surface area contributed by atoms with Crippen LogP contribution in [0.4, 0.5) is 0 Å². The Bertz CT molecular complexity index is 1150. The van der Waals surface area contributed by atoms with Crippen molar-refractivity contribution in [3.8, 4) is 11.5 Å². The Hall–Kier alpha value is -3.80. The Labute approximate surface area is 181 Å². The zero-order chi connectivity index (χ0) is 21.6. The van der Waals surface area contributed by atoms with Crippen LogP contribution in [0.25, 0.3) is 11.0 Å². The average Bonchev–Trinajstić information content (AvgIpc) is 3.19. The van der Waals surface area contributed by atoms with Gasteiger partial charge in [-0.1, -0.05) is 30.3 Å². The molecule has 0 aliphatic carbocycles. The maximum Gasteiger partial charge on any atom is 0.251 e. The molecule has 6 heteroatoms. The number of hydrogen-bond acceptors (Lipinski definition) is 4. The van der Waals surface area contributed by atoms with E-state index in [0.717, 1.165) is 28.4 Å². The monoisotopic (exact) mass is 415 g/mol. The summed E-state index contributed by atoms with van der Waals surface area (Å²) in [5, 5.41) is 3.06. The highest BCUT2D eigenvalue weighted by Gasteiger charge is 2.19. The lowest BCUT2D eigenvalue weighted by atomic mass is 10.2. The van der Waals surface area contributed by atoms with Gasteiger partial charge in [0.2, 0.25) is 0 Å². The third kappa shape index (κ3) is 4.69. The van der Waals surface area contributed by atoms with Crippen LogP contribution in [0.1, 0.15) is 29.1 Å². The van der Waals surface area contributed by atoms with Crippen molar-refractivity contribution in [3.63, 3.8) is 0 Å². The van der Waals surface area contributed by atoms with Gasteiger partial charge in [-0.3, -0.25) is 4.79 Å². The molecule has 0 saturated heterocycles. The Morgan fingerprint density at radius 3 is 2.39 bits per heavy atom. The molecule has 0 saturated carbocycles. The standard InChI is InChI=1S/C25H25N3O3/c1-18(26-25(29)19-8-4-3-5-9-19)24-27-22-10-6-7-11-23(22)28(24)16-17-31-21-14-12-20(30-2)13-15-21/h3-15,18H,16-17H2,1-2H3,(H,26,29). The molecule has 0 spiro atoms. The summed E-state index contributed by atoms with van der Waals surface area (Å²) in [5.41, 5.74) is 2.53. The van der Waals surface area contributed by atoms with Crippen molar-refractivity contribution in [2.24, 2.45) is 0 Å². The van der Waals surface area contributed by atoms with Gasteiger partial charge in [-0.25, -0.2) is 4.98 Å². The maximum atomic E-state index is 12.6. The molecular weight excluding hydrogens is 390 g/mol. The van der Waals surface area contributed by atoms with E-state index in [9.17, 15) is 4.79 Å². The number of hydrogen-bond donors (Lipinski definition) is 1. The maximum absolute atomic E-state index is 12.6. The first-order valence-corrected chi connectivity index (χ1v) is 10.2. The molecule has 0 aliphatic heterocycles. The van der Waals surface area contributed by atoms with E-state index in [1.165, 1.54) is 0 Å². The second-order valence-electron chi connectivity index (χ2n) is 7.20. The number of benzene rings is 3. The van der Waals surface area contributed by atoms with Gasteiger partial charge in [0.25, 0.3) is 5.91 Å². The van der Waals surface area contributed by atoms with Gasteiger partial charge < -0.3 is 19.4 Å². The van der Waals surface area contributed by atoms with Crippen LogP contribution in [0.15, 0.2) is 78.9 Å². The average molecular weight is 415 g/mol. The van der Waals surface area contributed by atoms with Gasteiger partial charge >= 0.3 is 0 Å². The molecule has 1 aromatic heterocycles. The summed E-state index contributed by atoms with van der Waals surface area (Å²) in [7, 11) is 1.64. The van der Waals surface area contributed by atoms with Gasteiger partial charge in [-0.05, 0) is 55.5 Å². The molecular formula is C25H25N3O3. The Kier molecular flexibility index (Phi) is 6.17. The number of fused-ring (bicyclic) bond motifs is 1. The number of para-hydroxylation sites is 2. The van der Waals surface area contributed by atoms with Crippen molar-refractivity contribution >= 4 is 16.9 Å². The Morgan fingerprint density at radius 2 is 1.65 bits per heavy atom. The Morgan fingerprint density at radius 1 is 0.968 bits per heavy atom. The van der Waals surface area contributed by atoms with Crippen LogP contribution in [-0.2, 0) is 6.54 Å².